The molecule has 0 fully saturated rings. The molecule has 0 aliphatic rings. The second-order valence-electron chi connectivity index (χ2n) is 4.37. The minimum atomic E-state index is -0.940. The van der Waals surface area contributed by atoms with Gasteiger partial charge in [-0.05, 0) is 30.9 Å². The van der Waals surface area contributed by atoms with Gasteiger partial charge in [0, 0.05) is 0 Å². The molecule has 0 aliphatic carbocycles. The average molecular weight is 242 g/mol. The summed E-state index contributed by atoms with van der Waals surface area (Å²) in [5.74, 6) is -2.30. The monoisotopic (exact) mass is 242 g/mol. The van der Waals surface area contributed by atoms with E-state index in [0.29, 0.717) is 12.3 Å². The number of esters is 1. The summed E-state index contributed by atoms with van der Waals surface area (Å²) in [7, 11) is 0. The van der Waals surface area contributed by atoms with Crippen LogP contribution in [0.2, 0.25) is 0 Å². The molecule has 0 heterocycles. The highest BCUT2D eigenvalue weighted by Gasteiger charge is 2.20. The zero-order chi connectivity index (χ0) is 13.0. The van der Waals surface area contributed by atoms with Crippen LogP contribution in [0.1, 0.15) is 36.2 Å². The lowest BCUT2D eigenvalue weighted by molar-refractivity contribution is 0.0477. The smallest absolute Gasteiger partial charge is 0.344 e. The molecule has 0 N–H and O–H groups in total. The average Bonchev–Trinajstić information content (AvgIpc) is 2.23. The molecule has 4 heteroatoms. The van der Waals surface area contributed by atoms with Gasteiger partial charge in [0.25, 0.3) is 0 Å². The molecule has 0 aromatic heterocycles. The summed E-state index contributed by atoms with van der Waals surface area (Å²) >= 11 is 0. The van der Waals surface area contributed by atoms with Crippen LogP contribution in [-0.4, -0.2) is 12.6 Å². The maximum atomic E-state index is 13.6. The number of carbonyl (C=O) groups is 1. The SMILES string of the molecule is Cc1ccc(F)c(C(=O)OCCC(C)C)c1F. The second kappa shape index (κ2) is 5.75. The van der Waals surface area contributed by atoms with Gasteiger partial charge in [-0.15, -0.1) is 0 Å². The van der Waals surface area contributed by atoms with Crippen molar-refractivity contribution in [2.45, 2.75) is 27.2 Å². The molecule has 17 heavy (non-hydrogen) atoms. The summed E-state index contributed by atoms with van der Waals surface area (Å²) < 4.78 is 31.7. The van der Waals surface area contributed by atoms with Crippen molar-refractivity contribution in [2.24, 2.45) is 5.92 Å². The molecule has 0 spiro atoms. The minimum absolute atomic E-state index is 0.170. The lowest BCUT2D eigenvalue weighted by atomic mass is 10.1. The number of aryl methyl sites for hydroxylation is 1. The number of rotatable bonds is 4. The van der Waals surface area contributed by atoms with E-state index in [2.05, 4.69) is 0 Å². The Morgan fingerprint density at radius 3 is 2.59 bits per heavy atom. The van der Waals surface area contributed by atoms with E-state index in [1.54, 1.807) is 0 Å². The topological polar surface area (TPSA) is 26.3 Å². The highest BCUT2D eigenvalue weighted by molar-refractivity contribution is 5.90. The van der Waals surface area contributed by atoms with Crippen molar-refractivity contribution in [1.82, 2.24) is 0 Å². The maximum absolute atomic E-state index is 13.6. The fourth-order valence-corrected chi connectivity index (χ4v) is 1.30. The zero-order valence-electron chi connectivity index (χ0n) is 10.2. The predicted molar refractivity (Wildman–Crippen MR) is 60.8 cm³/mol. The van der Waals surface area contributed by atoms with Gasteiger partial charge in [0.2, 0.25) is 0 Å². The van der Waals surface area contributed by atoms with Crippen LogP contribution in [-0.2, 0) is 4.74 Å². The summed E-state index contributed by atoms with van der Waals surface area (Å²) in [6.45, 7) is 5.59. The predicted octanol–water partition coefficient (Wildman–Crippen LogP) is 3.48. The molecule has 0 radical (unpaired) electrons. The molecule has 0 saturated heterocycles. The number of benzene rings is 1. The summed E-state index contributed by atoms with van der Waals surface area (Å²) in [5, 5.41) is 0. The molecule has 1 aromatic rings. The summed E-state index contributed by atoms with van der Waals surface area (Å²) in [6, 6.07) is 2.35. The Labute approximate surface area is 99.6 Å². The largest absolute Gasteiger partial charge is 0.462 e. The lowest BCUT2D eigenvalue weighted by Gasteiger charge is -2.09. The maximum Gasteiger partial charge on any atom is 0.344 e. The third-order valence-electron chi connectivity index (χ3n) is 2.42. The van der Waals surface area contributed by atoms with E-state index in [1.807, 2.05) is 13.8 Å². The number of hydrogen-bond donors (Lipinski definition) is 0. The molecule has 1 rings (SSSR count). The highest BCUT2D eigenvalue weighted by atomic mass is 19.1. The van der Waals surface area contributed by atoms with Crippen LogP contribution in [0.25, 0.3) is 0 Å². The molecule has 0 saturated carbocycles. The molecule has 0 unspecified atom stereocenters. The molecule has 1 aromatic carbocycles. The van der Waals surface area contributed by atoms with Crippen LogP contribution in [0, 0.1) is 24.5 Å². The van der Waals surface area contributed by atoms with E-state index < -0.39 is 23.2 Å². The van der Waals surface area contributed by atoms with Crippen molar-refractivity contribution in [3.63, 3.8) is 0 Å². The van der Waals surface area contributed by atoms with Crippen molar-refractivity contribution in [1.29, 1.82) is 0 Å². The van der Waals surface area contributed by atoms with Crippen LogP contribution in [0.3, 0.4) is 0 Å². The first-order valence-corrected chi connectivity index (χ1v) is 5.55. The summed E-state index contributed by atoms with van der Waals surface area (Å²) in [5.41, 5.74) is -0.379. The summed E-state index contributed by atoms with van der Waals surface area (Å²) in [6.07, 6.45) is 0.667. The molecule has 0 atom stereocenters. The quantitative estimate of drug-likeness (QED) is 0.755. The fourth-order valence-electron chi connectivity index (χ4n) is 1.30. The van der Waals surface area contributed by atoms with Crippen LogP contribution >= 0.6 is 0 Å². The van der Waals surface area contributed by atoms with Gasteiger partial charge in [-0.25, -0.2) is 13.6 Å². The van der Waals surface area contributed by atoms with Crippen molar-refractivity contribution in [2.75, 3.05) is 6.61 Å². The third kappa shape index (κ3) is 3.51. The van der Waals surface area contributed by atoms with E-state index in [1.165, 1.54) is 13.0 Å². The molecular weight excluding hydrogens is 226 g/mol. The number of carbonyl (C=O) groups excluding carboxylic acids is 1. The van der Waals surface area contributed by atoms with Crippen molar-refractivity contribution >= 4 is 5.97 Å². The van der Waals surface area contributed by atoms with Crippen LogP contribution in [0.15, 0.2) is 12.1 Å². The van der Waals surface area contributed by atoms with Crippen molar-refractivity contribution < 1.29 is 18.3 Å². The number of hydrogen-bond acceptors (Lipinski definition) is 2. The molecular formula is C13H16F2O2. The number of halogens is 2. The summed E-state index contributed by atoms with van der Waals surface area (Å²) in [4.78, 5) is 11.5. The third-order valence-corrected chi connectivity index (χ3v) is 2.42. The van der Waals surface area contributed by atoms with Gasteiger partial charge in [-0.2, -0.15) is 0 Å². The molecule has 0 aliphatic heterocycles. The van der Waals surface area contributed by atoms with Gasteiger partial charge in [0.15, 0.2) is 0 Å². The van der Waals surface area contributed by atoms with Crippen molar-refractivity contribution in [3.8, 4) is 0 Å². The molecule has 94 valence electrons. The van der Waals surface area contributed by atoms with E-state index in [0.717, 1.165) is 6.07 Å². The first-order valence-electron chi connectivity index (χ1n) is 5.55. The van der Waals surface area contributed by atoms with Gasteiger partial charge in [-0.1, -0.05) is 19.9 Å². The van der Waals surface area contributed by atoms with E-state index in [4.69, 9.17) is 4.74 Å². The van der Waals surface area contributed by atoms with Gasteiger partial charge >= 0.3 is 5.97 Å². The van der Waals surface area contributed by atoms with Crippen LogP contribution < -0.4 is 0 Å². The second-order valence-corrected chi connectivity index (χ2v) is 4.37. The zero-order valence-corrected chi connectivity index (χ0v) is 10.2. The highest BCUT2D eigenvalue weighted by Crippen LogP contribution is 2.17. The fraction of sp³-hybridized carbons (Fsp3) is 0.462. The van der Waals surface area contributed by atoms with E-state index >= 15 is 0 Å². The Bertz CT molecular complexity index is 414. The standard InChI is InChI=1S/C13H16F2O2/c1-8(2)6-7-17-13(16)11-10(14)5-4-9(3)12(11)15/h4-5,8H,6-7H2,1-3H3. The van der Waals surface area contributed by atoms with Crippen LogP contribution in [0.4, 0.5) is 8.78 Å². The van der Waals surface area contributed by atoms with Gasteiger partial charge < -0.3 is 4.74 Å². The van der Waals surface area contributed by atoms with Gasteiger partial charge in [-0.3, -0.25) is 0 Å². The Kier molecular flexibility index (Phi) is 4.61. The number of ether oxygens (including phenoxy) is 1. The van der Waals surface area contributed by atoms with E-state index in [-0.39, 0.29) is 12.2 Å². The van der Waals surface area contributed by atoms with E-state index in [9.17, 15) is 13.6 Å². The Hall–Kier alpha value is -1.45. The first-order chi connectivity index (χ1) is 7.93. The molecule has 2 nitrogen and oxygen atoms in total. The molecule has 0 amide bonds. The van der Waals surface area contributed by atoms with Gasteiger partial charge in [0.1, 0.15) is 17.2 Å². The van der Waals surface area contributed by atoms with Crippen molar-refractivity contribution in [3.05, 3.63) is 34.9 Å². The molecule has 0 bridgehead atoms. The minimum Gasteiger partial charge on any atom is -0.462 e. The first kappa shape index (κ1) is 13.6. The Morgan fingerprint density at radius 2 is 2.00 bits per heavy atom. The lowest BCUT2D eigenvalue weighted by Crippen LogP contribution is -2.13. The normalized spacial score (nSPS) is 10.7. The van der Waals surface area contributed by atoms with Gasteiger partial charge in [0.05, 0.1) is 6.61 Å². The Balaban J connectivity index is 2.79. The van der Waals surface area contributed by atoms with Crippen LogP contribution in [0.5, 0.6) is 0 Å². The Morgan fingerprint density at radius 1 is 1.35 bits per heavy atom.